The number of anilines is 1. The van der Waals surface area contributed by atoms with Crippen molar-refractivity contribution in [2.45, 2.75) is 13.8 Å². The van der Waals surface area contributed by atoms with Crippen LogP contribution in [0.4, 0.5) is 10.5 Å². The first-order valence-electron chi connectivity index (χ1n) is 9.27. The van der Waals surface area contributed by atoms with E-state index in [0.717, 1.165) is 4.90 Å². The van der Waals surface area contributed by atoms with Gasteiger partial charge in [0.1, 0.15) is 22.8 Å². The summed E-state index contributed by atoms with van der Waals surface area (Å²) in [6.07, 6.45) is 1.39. The van der Waals surface area contributed by atoms with Crippen LogP contribution in [0, 0.1) is 6.92 Å². The highest BCUT2D eigenvalue weighted by atomic mass is 16.5. The first-order valence-corrected chi connectivity index (χ1v) is 9.27. The number of carbonyl (C=O) groups is 3. The summed E-state index contributed by atoms with van der Waals surface area (Å²) in [7, 11) is 3.03. The third-order valence-corrected chi connectivity index (χ3v) is 4.62. The zero-order valence-corrected chi connectivity index (χ0v) is 17.1. The highest BCUT2D eigenvalue weighted by molar-refractivity contribution is 6.39. The molecule has 1 heterocycles. The number of nitrogens with one attached hydrogen (secondary N) is 1. The summed E-state index contributed by atoms with van der Waals surface area (Å²) in [6, 6.07) is 9.17. The van der Waals surface area contributed by atoms with E-state index >= 15 is 0 Å². The maximum atomic E-state index is 13.2. The monoisotopic (exact) mass is 410 g/mol. The SMILES string of the molecule is CCOc1ccccc1N1C(=O)NC(=O)/C(=C\c2ccc(OC)c(C)c2OC)C1=O. The molecular formula is C22H22N2O6. The quantitative estimate of drug-likeness (QED) is 0.581. The molecule has 156 valence electrons. The molecule has 1 fully saturated rings. The van der Waals surface area contributed by atoms with E-state index in [0.29, 0.717) is 35.0 Å². The highest BCUT2D eigenvalue weighted by Crippen LogP contribution is 2.34. The topological polar surface area (TPSA) is 94.2 Å². The van der Waals surface area contributed by atoms with Gasteiger partial charge in [0.15, 0.2) is 0 Å². The Labute approximate surface area is 174 Å². The number of nitrogens with zero attached hydrogens (tertiary/aromatic N) is 1. The van der Waals surface area contributed by atoms with Gasteiger partial charge in [-0.25, -0.2) is 9.69 Å². The summed E-state index contributed by atoms with van der Waals surface area (Å²) < 4.78 is 16.3. The maximum Gasteiger partial charge on any atom is 0.336 e. The molecule has 1 aliphatic heterocycles. The van der Waals surface area contributed by atoms with Gasteiger partial charge >= 0.3 is 6.03 Å². The summed E-state index contributed by atoms with van der Waals surface area (Å²) >= 11 is 0. The minimum absolute atomic E-state index is 0.205. The zero-order valence-electron chi connectivity index (χ0n) is 17.1. The van der Waals surface area contributed by atoms with Gasteiger partial charge in [-0.3, -0.25) is 14.9 Å². The Morgan fingerprint density at radius 2 is 1.73 bits per heavy atom. The molecule has 0 saturated carbocycles. The van der Waals surface area contributed by atoms with Crippen LogP contribution in [0.2, 0.25) is 0 Å². The van der Waals surface area contributed by atoms with Gasteiger partial charge in [-0.1, -0.05) is 12.1 Å². The lowest BCUT2D eigenvalue weighted by atomic mass is 10.0. The predicted molar refractivity (Wildman–Crippen MR) is 111 cm³/mol. The van der Waals surface area contributed by atoms with Crippen molar-refractivity contribution in [3.8, 4) is 17.2 Å². The van der Waals surface area contributed by atoms with E-state index < -0.39 is 17.8 Å². The fraction of sp³-hybridized carbons (Fsp3) is 0.227. The fourth-order valence-electron chi connectivity index (χ4n) is 3.25. The van der Waals surface area contributed by atoms with Gasteiger partial charge in [0.2, 0.25) is 0 Å². The Morgan fingerprint density at radius 3 is 2.40 bits per heavy atom. The van der Waals surface area contributed by atoms with E-state index in [1.54, 1.807) is 50.2 Å². The maximum absolute atomic E-state index is 13.2. The van der Waals surface area contributed by atoms with E-state index in [2.05, 4.69) is 5.32 Å². The molecule has 1 N–H and O–H groups in total. The summed E-state index contributed by atoms with van der Waals surface area (Å²) in [4.78, 5) is 39.0. The van der Waals surface area contributed by atoms with Crippen LogP contribution >= 0.6 is 0 Å². The van der Waals surface area contributed by atoms with Crippen LogP contribution in [0.3, 0.4) is 0 Å². The molecule has 8 heteroatoms. The van der Waals surface area contributed by atoms with Crippen molar-refractivity contribution < 1.29 is 28.6 Å². The zero-order chi connectivity index (χ0) is 21.8. The number of urea groups is 1. The lowest BCUT2D eigenvalue weighted by Gasteiger charge is -2.27. The minimum atomic E-state index is -0.841. The average Bonchev–Trinajstić information content (AvgIpc) is 2.72. The Bertz CT molecular complexity index is 1040. The molecule has 1 saturated heterocycles. The summed E-state index contributed by atoms with van der Waals surface area (Å²) in [5.74, 6) is -0.122. The molecule has 2 aromatic rings. The van der Waals surface area contributed by atoms with Crippen LogP contribution in [0.1, 0.15) is 18.1 Å². The molecule has 0 spiro atoms. The number of methoxy groups -OCH3 is 2. The van der Waals surface area contributed by atoms with E-state index in [9.17, 15) is 14.4 Å². The Balaban J connectivity index is 2.09. The number of hydrogen-bond acceptors (Lipinski definition) is 6. The van der Waals surface area contributed by atoms with Gasteiger partial charge in [-0.15, -0.1) is 0 Å². The van der Waals surface area contributed by atoms with Crippen molar-refractivity contribution >= 4 is 29.6 Å². The number of barbiturate groups is 1. The van der Waals surface area contributed by atoms with E-state index in [1.165, 1.54) is 20.3 Å². The second-order valence-electron chi connectivity index (χ2n) is 6.37. The van der Waals surface area contributed by atoms with Crippen LogP contribution in [-0.2, 0) is 9.59 Å². The first-order chi connectivity index (χ1) is 14.4. The summed E-state index contributed by atoms with van der Waals surface area (Å²) in [6.45, 7) is 3.95. The third kappa shape index (κ3) is 3.71. The molecule has 0 aromatic heterocycles. The number of imide groups is 2. The lowest BCUT2D eigenvalue weighted by Crippen LogP contribution is -2.54. The number of hydrogen-bond donors (Lipinski definition) is 1. The second-order valence-corrected chi connectivity index (χ2v) is 6.37. The van der Waals surface area contributed by atoms with E-state index in [-0.39, 0.29) is 11.3 Å². The van der Waals surface area contributed by atoms with Gasteiger partial charge in [0.05, 0.1) is 26.5 Å². The molecule has 1 aliphatic rings. The van der Waals surface area contributed by atoms with Gasteiger partial charge in [-0.2, -0.15) is 0 Å². The van der Waals surface area contributed by atoms with Crippen molar-refractivity contribution in [2.24, 2.45) is 0 Å². The standard InChI is InChI=1S/C22H22N2O6/c1-5-30-18-9-7-6-8-16(18)24-21(26)15(20(25)23-22(24)27)12-14-10-11-17(28-3)13(2)19(14)29-4/h6-12H,5H2,1-4H3,(H,23,25,27)/b15-12+. The Morgan fingerprint density at radius 1 is 1.00 bits per heavy atom. The average molecular weight is 410 g/mol. The number of amides is 4. The summed E-state index contributed by atoms with van der Waals surface area (Å²) in [5.41, 5.74) is 1.26. The third-order valence-electron chi connectivity index (χ3n) is 4.62. The van der Waals surface area contributed by atoms with Crippen LogP contribution in [0.5, 0.6) is 17.2 Å². The largest absolute Gasteiger partial charge is 0.496 e. The molecule has 0 aliphatic carbocycles. The van der Waals surface area contributed by atoms with Gasteiger partial charge in [0.25, 0.3) is 11.8 Å². The molecule has 4 amide bonds. The smallest absolute Gasteiger partial charge is 0.336 e. The predicted octanol–water partition coefficient (Wildman–Crippen LogP) is 3.08. The Hall–Kier alpha value is -3.81. The van der Waals surface area contributed by atoms with E-state index in [1.807, 2.05) is 0 Å². The Kier molecular flexibility index (Phi) is 6.06. The molecule has 0 unspecified atom stereocenters. The van der Waals surface area contributed by atoms with Crippen LogP contribution in [-0.4, -0.2) is 38.7 Å². The van der Waals surface area contributed by atoms with Crippen molar-refractivity contribution in [1.82, 2.24) is 5.32 Å². The van der Waals surface area contributed by atoms with Crippen LogP contribution in [0.15, 0.2) is 42.0 Å². The minimum Gasteiger partial charge on any atom is -0.496 e. The summed E-state index contributed by atoms with van der Waals surface area (Å²) in [5, 5.41) is 2.21. The molecule has 0 atom stereocenters. The molecule has 0 radical (unpaired) electrons. The number of benzene rings is 2. The van der Waals surface area contributed by atoms with Crippen LogP contribution in [0.25, 0.3) is 6.08 Å². The number of ether oxygens (including phenoxy) is 3. The highest BCUT2D eigenvalue weighted by Gasteiger charge is 2.38. The van der Waals surface area contributed by atoms with Crippen molar-refractivity contribution in [1.29, 1.82) is 0 Å². The van der Waals surface area contributed by atoms with Crippen molar-refractivity contribution in [3.63, 3.8) is 0 Å². The fourth-order valence-corrected chi connectivity index (χ4v) is 3.25. The normalized spacial score (nSPS) is 15.3. The molecule has 3 rings (SSSR count). The van der Waals surface area contributed by atoms with E-state index in [4.69, 9.17) is 14.2 Å². The lowest BCUT2D eigenvalue weighted by molar-refractivity contribution is -0.122. The van der Waals surface area contributed by atoms with Crippen molar-refractivity contribution in [2.75, 3.05) is 25.7 Å². The molecule has 30 heavy (non-hydrogen) atoms. The number of carbonyl (C=O) groups excluding carboxylic acids is 3. The van der Waals surface area contributed by atoms with Crippen LogP contribution < -0.4 is 24.4 Å². The first kappa shape index (κ1) is 20.9. The molecule has 0 bridgehead atoms. The number of rotatable bonds is 6. The van der Waals surface area contributed by atoms with Crippen molar-refractivity contribution in [3.05, 3.63) is 53.1 Å². The van der Waals surface area contributed by atoms with Gasteiger partial charge in [0, 0.05) is 11.1 Å². The van der Waals surface area contributed by atoms with Gasteiger partial charge < -0.3 is 14.2 Å². The molecule has 8 nitrogen and oxygen atoms in total. The number of para-hydroxylation sites is 2. The molecular weight excluding hydrogens is 388 g/mol. The molecule has 2 aromatic carbocycles. The second kappa shape index (κ2) is 8.69. The van der Waals surface area contributed by atoms with Gasteiger partial charge in [-0.05, 0) is 44.2 Å².